The van der Waals surface area contributed by atoms with Gasteiger partial charge in [0.05, 0.1) is 13.2 Å². The smallest absolute Gasteiger partial charge is 0.270 e. The number of carbonyl (C=O) groups excluding carboxylic acids is 1. The normalized spacial score (nSPS) is 14.1. The fraction of sp³-hybridized carbons (Fsp3) is 0.412. The topological polar surface area (TPSA) is 87.8 Å². The van der Waals surface area contributed by atoms with Crippen LogP contribution < -0.4 is 4.90 Å². The molecule has 1 aliphatic rings. The van der Waals surface area contributed by atoms with Crippen LogP contribution in [-0.2, 0) is 11.2 Å². The van der Waals surface area contributed by atoms with Gasteiger partial charge in [-0.15, -0.1) is 0 Å². The number of aliphatic hydroxyl groups excluding tert-OH is 2. The molecule has 0 aromatic heterocycles. The second-order valence-electron chi connectivity index (χ2n) is 5.33. The second kappa shape index (κ2) is 8.32. The van der Waals surface area contributed by atoms with Crippen molar-refractivity contribution in [2.75, 3.05) is 37.7 Å². The summed E-state index contributed by atoms with van der Waals surface area (Å²) in [4.78, 5) is 15.9. The van der Waals surface area contributed by atoms with E-state index in [2.05, 4.69) is 0 Å². The van der Waals surface area contributed by atoms with E-state index in [1.807, 2.05) is 30.3 Å². The lowest BCUT2D eigenvalue weighted by molar-refractivity contribution is -0.114. The van der Waals surface area contributed by atoms with Crippen molar-refractivity contribution in [2.45, 2.75) is 12.8 Å². The number of nitriles is 1. The number of carbonyl (C=O) groups is 1. The number of anilines is 1. The molecule has 0 spiro atoms. The number of benzene rings is 1. The molecule has 6 nitrogen and oxygen atoms in total. The van der Waals surface area contributed by atoms with Gasteiger partial charge in [0.2, 0.25) is 0 Å². The highest BCUT2D eigenvalue weighted by Gasteiger charge is 2.25. The fourth-order valence-corrected chi connectivity index (χ4v) is 2.70. The van der Waals surface area contributed by atoms with Crippen LogP contribution in [0.25, 0.3) is 0 Å². The van der Waals surface area contributed by atoms with E-state index in [0.717, 1.165) is 24.1 Å². The minimum Gasteiger partial charge on any atom is -0.395 e. The highest BCUT2D eigenvalue weighted by molar-refractivity contribution is 6.08. The van der Waals surface area contributed by atoms with Crippen molar-refractivity contribution in [2.24, 2.45) is 0 Å². The van der Waals surface area contributed by atoms with Crippen molar-refractivity contribution in [3.8, 4) is 6.07 Å². The number of aryl methyl sites for hydroxylation is 1. The van der Waals surface area contributed by atoms with Crippen LogP contribution in [-0.4, -0.2) is 53.9 Å². The van der Waals surface area contributed by atoms with E-state index in [1.54, 1.807) is 9.80 Å². The lowest BCUT2D eigenvalue weighted by Crippen LogP contribution is -2.37. The lowest BCUT2D eigenvalue weighted by atomic mass is 10.0. The van der Waals surface area contributed by atoms with Crippen LogP contribution in [0.4, 0.5) is 5.69 Å². The first-order valence-electron chi connectivity index (χ1n) is 7.68. The maximum Gasteiger partial charge on any atom is 0.270 e. The summed E-state index contributed by atoms with van der Waals surface area (Å²) in [7, 11) is 0. The standard InChI is InChI=1S/C17H21N3O3/c18-12-15(13-19(8-10-21)9-11-22)17(23)20-7-3-5-14-4-1-2-6-16(14)20/h1-2,4,6,13,21-22H,3,5,7-11H2/b15-13-. The Morgan fingerprint density at radius 1 is 1.30 bits per heavy atom. The summed E-state index contributed by atoms with van der Waals surface area (Å²) in [6.45, 7) is 0.867. The number of hydrogen-bond acceptors (Lipinski definition) is 5. The van der Waals surface area contributed by atoms with E-state index < -0.39 is 0 Å². The third-order valence-electron chi connectivity index (χ3n) is 3.79. The molecule has 0 radical (unpaired) electrons. The Morgan fingerprint density at radius 3 is 2.65 bits per heavy atom. The number of fused-ring (bicyclic) bond motifs is 1. The Kier molecular flexibility index (Phi) is 6.15. The van der Waals surface area contributed by atoms with Gasteiger partial charge in [0.25, 0.3) is 5.91 Å². The average Bonchev–Trinajstić information content (AvgIpc) is 2.59. The van der Waals surface area contributed by atoms with Crippen LogP contribution >= 0.6 is 0 Å². The van der Waals surface area contributed by atoms with E-state index in [1.165, 1.54) is 6.20 Å². The Bertz CT molecular complexity index is 616. The van der Waals surface area contributed by atoms with Crippen LogP contribution in [0.15, 0.2) is 36.0 Å². The van der Waals surface area contributed by atoms with Crippen molar-refractivity contribution in [1.29, 1.82) is 5.26 Å². The van der Waals surface area contributed by atoms with Gasteiger partial charge >= 0.3 is 0 Å². The Morgan fingerprint density at radius 2 is 2.00 bits per heavy atom. The average molecular weight is 315 g/mol. The SMILES string of the molecule is N#C/C(=C/N(CCO)CCO)C(=O)N1CCCc2ccccc21. The van der Waals surface area contributed by atoms with Crippen LogP contribution in [0.5, 0.6) is 0 Å². The third-order valence-corrected chi connectivity index (χ3v) is 3.79. The van der Waals surface area contributed by atoms with Crippen LogP contribution in [0.3, 0.4) is 0 Å². The van der Waals surface area contributed by atoms with Crippen molar-refractivity contribution in [1.82, 2.24) is 4.90 Å². The van der Waals surface area contributed by atoms with Crippen molar-refractivity contribution < 1.29 is 15.0 Å². The number of para-hydroxylation sites is 1. The molecule has 0 saturated carbocycles. The van der Waals surface area contributed by atoms with Gasteiger partial charge in [-0.1, -0.05) is 18.2 Å². The van der Waals surface area contributed by atoms with Gasteiger partial charge < -0.3 is 20.0 Å². The van der Waals surface area contributed by atoms with Crippen molar-refractivity contribution >= 4 is 11.6 Å². The van der Waals surface area contributed by atoms with E-state index in [4.69, 9.17) is 10.2 Å². The molecule has 0 fully saturated rings. The number of rotatable bonds is 6. The minimum atomic E-state index is -0.347. The van der Waals surface area contributed by atoms with Crippen LogP contribution in [0.2, 0.25) is 0 Å². The fourth-order valence-electron chi connectivity index (χ4n) is 2.70. The molecule has 1 aromatic carbocycles. The molecule has 0 saturated heterocycles. The zero-order chi connectivity index (χ0) is 16.7. The van der Waals surface area contributed by atoms with Crippen LogP contribution in [0, 0.1) is 11.3 Å². The molecular weight excluding hydrogens is 294 g/mol. The van der Waals surface area contributed by atoms with Gasteiger partial charge in [0.1, 0.15) is 11.6 Å². The molecule has 1 aliphatic heterocycles. The first kappa shape index (κ1) is 17.0. The summed E-state index contributed by atoms with van der Waals surface area (Å²) in [6.07, 6.45) is 3.21. The molecule has 1 amide bonds. The number of hydrogen-bond donors (Lipinski definition) is 2. The molecule has 1 aromatic rings. The lowest BCUT2D eigenvalue weighted by Gasteiger charge is -2.29. The molecule has 0 unspecified atom stereocenters. The van der Waals surface area contributed by atoms with Gasteiger partial charge in [-0.3, -0.25) is 4.79 Å². The first-order valence-corrected chi connectivity index (χ1v) is 7.68. The van der Waals surface area contributed by atoms with Gasteiger partial charge in [-0.05, 0) is 24.5 Å². The molecule has 2 rings (SSSR count). The molecule has 1 heterocycles. The number of amides is 1. The monoisotopic (exact) mass is 315 g/mol. The summed E-state index contributed by atoms with van der Waals surface area (Å²) < 4.78 is 0. The van der Waals surface area contributed by atoms with Crippen molar-refractivity contribution in [3.05, 3.63) is 41.6 Å². The molecule has 122 valence electrons. The van der Waals surface area contributed by atoms with Crippen LogP contribution in [0.1, 0.15) is 12.0 Å². The molecular formula is C17H21N3O3. The molecule has 23 heavy (non-hydrogen) atoms. The largest absolute Gasteiger partial charge is 0.395 e. The summed E-state index contributed by atoms with van der Waals surface area (Å²) in [5.41, 5.74) is 1.95. The highest BCUT2D eigenvalue weighted by Crippen LogP contribution is 2.27. The zero-order valence-corrected chi connectivity index (χ0v) is 13.0. The highest BCUT2D eigenvalue weighted by atomic mass is 16.3. The molecule has 2 N–H and O–H groups in total. The molecule has 6 heteroatoms. The summed E-state index contributed by atoms with van der Waals surface area (Å²) >= 11 is 0. The van der Waals surface area contributed by atoms with E-state index in [-0.39, 0.29) is 37.8 Å². The minimum absolute atomic E-state index is 0.00334. The Labute approximate surface area is 135 Å². The maximum absolute atomic E-state index is 12.7. The van der Waals surface area contributed by atoms with Gasteiger partial charge in [-0.2, -0.15) is 5.26 Å². The Balaban J connectivity index is 2.25. The predicted molar refractivity (Wildman–Crippen MR) is 86.6 cm³/mol. The summed E-state index contributed by atoms with van der Waals surface area (Å²) in [5, 5.41) is 27.4. The van der Waals surface area contributed by atoms with Gasteiger partial charge in [-0.25, -0.2) is 0 Å². The number of aliphatic hydroxyl groups is 2. The van der Waals surface area contributed by atoms with Crippen molar-refractivity contribution in [3.63, 3.8) is 0 Å². The Hall–Kier alpha value is -2.36. The first-order chi connectivity index (χ1) is 11.2. The quantitative estimate of drug-likeness (QED) is 0.595. The number of nitrogens with zero attached hydrogens (tertiary/aromatic N) is 3. The van der Waals surface area contributed by atoms with Gasteiger partial charge in [0.15, 0.2) is 0 Å². The summed E-state index contributed by atoms with van der Waals surface area (Å²) in [5.74, 6) is -0.347. The molecule has 0 atom stereocenters. The van der Waals surface area contributed by atoms with E-state index in [0.29, 0.717) is 6.54 Å². The maximum atomic E-state index is 12.7. The second-order valence-corrected chi connectivity index (χ2v) is 5.33. The molecule has 0 bridgehead atoms. The van der Waals surface area contributed by atoms with E-state index >= 15 is 0 Å². The van der Waals surface area contributed by atoms with Gasteiger partial charge in [0, 0.05) is 31.5 Å². The molecule has 0 aliphatic carbocycles. The van der Waals surface area contributed by atoms with E-state index in [9.17, 15) is 10.1 Å². The summed E-state index contributed by atoms with van der Waals surface area (Å²) in [6, 6.07) is 9.65. The zero-order valence-electron chi connectivity index (χ0n) is 13.0. The third kappa shape index (κ3) is 4.09. The predicted octanol–water partition coefficient (Wildman–Crippen LogP) is 0.660.